The fourth-order valence-electron chi connectivity index (χ4n) is 1.89. The Labute approximate surface area is 112 Å². The van der Waals surface area contributed by atoms with Gasteiger partial charge in [0, 0.05) is 11.8 Å². The van der Waals surface area contributed by atoms with Crippen molar-refractivity contribution in [3.63, 3.8) is 0 Å². The van der Waals surface area contributed by atoms with Gasteiger partial charge in [-0.1, -0.05) is 29.8 Å². The number of hydrogen-bond acceptors (Lipinski definition) is 2. The van der Waals surface area contributed by atoms with E-state index < -0.39 is 22.9 Å². The van der Waals surface area contributed by atoms with Gasteiger partial charge in [0.05, 0.1) is 5.56 Å². The second-order valence-corrected chi connectivity index (χ2v) is 4.26. The van der Waals surface area contributed by atoms with Gasteiger partial charge in [-0.05, 0) is 12.5 Å². The maximum absolute atomic E-state index is 13.1. The first kappa shape index (κ1) is 13.9. The van der Waals surface area contributed by atoms with Gasteiger partial charge < -0.3 is 4.98 Å². The minimum Gasteiger partial charge on any atom is -0.327 e. The van der Waals surface area contributed by atoms with Gasteiger partial charge in [0.1, 0.15) is 11.6 Å². The lowest BCUT2D eigenvalue weighted by molar-refractivity contribution is -0.137. The summed E-state index contributed by atoms with van der Waals surface area (Å²) in [6.07, 6.45) is -3.80. The van der Waals surface area contributed by atoms with Crippen LogP contribution >= 0.6 is 0 Å². The van der Waals surface area contributed by atoms with Crippen LogP contribution in [-0.2, 0) is 6.18 Å². The summed E-state index contributed by atoms with van der Waals surface area (Å²) < 4.78 is 39.4. The number of halogens is 3. The van der Waals surface area contributed by atoms with E-state index in [0.717, 1.165) is 11.8 Å². The van der Waals surface area contributed by atoms with E-state index in [1.165, 1.54) is 18.2 Å². The number of alkyl halides is 3. The maximum atomic E-state index is 13.1. The molecule has 6 heteroatoms. The molecule has 0 unspecified atom stereocenters. The summed E-state index contributed by atoms with van der Waals surface area (Å²) in [5.41, 5.74) is -2.20. The molecule has 1 N–H and O–H groups in total. The van der Waals surface area contributed by atoms with Gasteiger partial charge in [-0.25, -0.2) is 0 Å². The molecule has 0 aliphatic carbocycles. The lowest BCUT2D eigenvalue weighted by Crippen LogP contribution is -2.20. The Kier molecular flexibility index (Phi) is 3.36. The van der Waals surface area contributed by atoms with Crippen molar-refractivity contribution >= 4 is 0 Å². The van der Waals surface area contributed by atoms with E-state index in [9.17, 15) is 18.0 Å². The molecule has 1 aromatic carbocycles. The molecule has 102 valence electrons. The van der Waals surface area contributed by atoms with Crippen LogP contribution in [0.1, 0.15) is 16.7 Å². The Balaban J connectivity index is 2.81. The second-order valence-electron chi connectivity index (χ2n) is 4.26. The predicted molar refractivity (Wildman–Crippen MR) is 67.0 cm³/mol. The molecular formula is C14H9F3N2O. The molecule has 1 aromatic heterocycles. The minimum atomic E-state index is -4.78. The van der Waals surface area contributed by atoms with E-state index >= 15 is 0 Å². The molecule has 20 heavy (non-hydrogen) atoms. The van der Waals surface area contributed by atoms with Crippen LogP contribution in [0.5, 0.6) is 0 Å². The van der Waals surface area contributed by atoms with Crippen LogP contribution in [0, 0.1) is 18.3 Å². The zero-order valence-electron chi connectivity index (χ0n) is 10.4. The predicted octanol–water partition coefficient (Wildman–Crippen LogP) is 3.24. The van der Waals surface area contributed by atoms with E-state index in [1.807, 2.05) is 6.92 Å². The summed E-state index contributed by atoms with van der Waals surface area (Å²) in [7, 11) is 0. The van der Waals surface area contributed by atoms with Crippen LogP contribution in [0.2, 0.25) is 0 Å². The van der Waals surface area contributed by atoms with Crippen LogP contribution in [0.4, 0.5) is 13.2 Å². The summed E-state index contributed by atoms with van der Waals surface area (Å²) in [6, 6.07) is 7.67. The number of aryl methyl sites for hydroxylation is 1. The first-order valence-corrected chi connectivity index (χ1v) is 5.64. The number of H-pyrrole nitrogens is 1. The van der Waals surface area contributed by atoms with E-state index in [0.29, 0.717) is 0 Å². The summed E-state index contributed by atoms with van der Waals surface area (Å²) in [4.78, 5) is 13.5. The van der Waals surface area contributed by atoms with E-state index in [2.05, 4.69) is 4.98 Å². The van der Waals surface area contributed by atoms with Crippen LogP contribution in [-0.4, -0.2) is 4.98 Å². The molecule has 0 radical (unpaired) electrons. The topological polar surface area (TPSA) is 56.6 Å². The van der Waals surface area contributed by atoms with Gasteiger partial charge >= 0.3 is 6.18 Å². The Morgan fingerprint density at radius 2 is 1.80 bits per heavy atom. The average Bonchev–Trinajstić information content (AvgIpc) is 2.38. The van der Waals surface area contributed by atoms with Crippen LogP contribution in [0.3, 0.4) is 0 Å². The molecule has 0 spiro atoms. The highest BCUT2D eigenvalue weighted by Crippen LogP contribution is 2.37. The molecule has 0 fully saturated rings. The summed E-state index contributed by atoms with van der Waals surface area (Å²) >= 11 is 0. The third-order valence-electron chi connectivity index (χ3n) is 2.85. The molecule has 0 atom stereocenters. The molecule has 1 heterocycles. The molecule has 2 rings (SSSR count). The summed E-state index contributed by atoms with van der Waals surface area (Å²) in [6.45, 7) is 1.81. The number of pyridine rings is 1. The molecule has 0 amide bonds. The third kappa shape index (κ3) is 2.43. The van der Waals surface area contributed by atoms with Crippen molar-refractivity contribution in [2.75, 3.05) is 0 Å². The van der Waals surface area contributed by atoms with Crippen molar-refractivity contribution in [2.24, 2.45) is 0 Å². The Morgan fingerprint density at radius 3 is 2.30 bits per heavy atom. The first-order valence-electron chi connectivity index (χ1n) is 5.64. The molecular weight excluding hydrogens is 269 g/mol. The smallest absolute Gasteiger partial charge is 0.327 e. The van der Waals surface area contributed by atoms with E-state index in [-0.39, 0.29) is 11.1 Å². The van der Waals surface area contributed by atoms with Crippen molar-refractivity contribution in [3.8, 4) is 17.2 Å². The normalized spacial score (nSPS) is 11.2. The van der Waals surface area contributed by atoms with Crippen LogP contribution < -0.4 is 5.56 Å². The monoisotopic (exact) mass is 278 g/mol. The van der Waals surface area contributed by atoms with Gasteiger partial charge in [-0.2, -0.15) is 18.4 Å². The number of benzene rings is 1. The average molecular weight is 278 g/mol. The molecule has 0 aliphatic heterocycles. The standard InChI is InChI=1S/C14H9F3N2O/c1-8-2-4-9(5-3-8)11-7-19-13(20)10(6-18)12(11)14(15,16)17/h2-5,7H,1H3,(H,19,20). The number of nitriles is 1. The number of aromatic amines is 1. The lowest BCUT2D eigenvalue weighted by Gasteiger charge is -2.14. The van der Waals surface area contributed by atoms with Crippen molar-refractivity contribution < 1.29 is 13.2 Å². The van der Waals surface area contributed by atoms with E-state index in [4.69, 9.17) is 5.26 Å². The Morgan fingerprint density at radius 1 is 1.20 bits per heavy atom. The summed E-state index contributed by atoms with van der Waals surface area (Å²) in [5, 5.41) is 8.81. The van der Waals surface area contributed by atoms with Crippen molar-refractivity contribution in [1.29, 1.82) is 5.26 Å². The Hall–Kier alpha value is -2.55. The number of rotatable bonds is 1. The minimum absolute atomic E-state index is 0.214. The highest BCUT2D eigenvalue weighted by molar-refractivity contribution is 5.70. The zero-order chi connectivity index (χ0) is 14.9. The molecule has 0 aliphatic rings. The molecule has 2 aromatic rings. The second kappa shape index (κ2) is 4.85. The molecule has 3 nitrogen and oxygen atoms in total. The van der Waals surface area contributed by atoms with Crippen LogP contribution in [0.25, 0.3) is 11.1 Å². The highest BCUT2D eigenvalue weighted by Gasteiger charge is 2.38. The van der Waals surface area contributed by atoms with Crippen molar-refractivity contribution in [3.05, 3.63) is 57.5 Å². The number of hydrogen-bond donors (Lipinski definition) is 1. The fourth-order valence-corrected chi connectivity index (χ4v) is 1.89. The van der Waals surface area contributed by atoms with Gasteiger partial charge in [0.25, 0.3) is 5.56 Å². The number of nitrogens with one attached hydrogen (secondary N) is 1. The molecule has 0 saturated carbocycles. The van der Waals surface area contributed by atoms with Gasteiger partial charge in [0.15, 0.2) is 0 Å². The van der Waals surface area contributed by atoms with Crippen LogP contribution in [0.15, 0.2) is 35.3 Å². The molecule has 0 bridgehead atoms. The third-order valence-corrected chi connectivity index (χ3v) is 2.85. The number of aromatic nitrogens is 1. The summed E-state index contributed by atoms with van der Waals surface area (Å²) in [5.74, 6) is 0. The largest absolute Gasteiger partial charge is 0.418 e. The first-order chi connectivity index (χ1) is 9.34. The highest BCUT2D eigenvalue weighted by atomic mass is 19.4. The SMILES string of the molecule is Cc1ccc(-c2c[nH]c(=O)c(C#N)c2C(F)(F)F)cc1. The van der Waals surface area contributed by atoms with Crippen molar-refractivity contribution in [2.45, 2.75) is 13.1 Å². The Bertz CT molecular complexity index is 737. The maximum Gasteiger partial charge on any atom is 0.418 e. The molecule has 0 saturated heterocycles. The van der Waals surface area contributed by atoms with Gasteiger partial charge in [-0.15, -0.1) is 0 Å². The number of nitrogens with zero attached hydrogens (tertiary/aromatic N) is 1. The zero-order valence-corrected chi connectivity index (χ0v) is 10.4. The van der Waals surface area contributed by atoms with E-state index in [1.54, 1.807) is 12.1 Å². The lowest BCUT2D eigenvalue weighted by atomic mass is 9.97. The van der Waals surface area contributed by atoms with Gasteiger partial charge in [0.2, 0.25) is 0 Å². The fraction of sp³-hybridized carbons (Fsp3) is 0.143. The quantitative estimate of drug-likeness (QED) is 0.870. The van der Waals surface area contributed by atoms with Crippen molar-refractivity contribution in [1.82, 2.24) is 4.98 Å². The van der Waals surface area contributed by atoms with Gasteiger partial charge in [-0.3, -0.25) is 4.79 Å².